The van der Waals surface area contributed by atoms with Gasteiger partial charge in [0.25, 0.3) is 5.91 Å². The summed E-state index contributed by atoms with van der Waals surface area (Å²) in [6, 6.07) is 3.71. The predicted octanol–water partition coefficient (Wildman–Crippen LogP) is 4.39. The lowest BCUT2D eigenvalue weighted by Crippen LogP contribution is -2.62. The molecule has 5 atom stereocenters. The Balaban J connectivity index is 0.00000176. The van der Waals surface area contributed by atoms with Crippen LogP contribution >= 0.6 is 24.8 Å². The van der Waals surface area contributed by atoms with E-state index in [1.165, 1.54) is 17.5 Å². The van der Waals surface area contributed by atoms with Crippen LogP contribution in [0.4, 0.5) is 4.79 Å². The minimum absolute atomic E-state index is 0. The van der Waals surface area contributed by atoms with Crippen molar-refractivity contribution in [3.8, 4) is 11.5 Å². The van der Waals surface area contributed by atoms with Gasteiger partial charge in [-0.2, -0.15) is 0 Å². The number of piperidine rings is 2. The Morgan fingerprint density at radius 1 is 1.13 bits per heavy atom. The van der Waals surface area contributed by atoms with Crippen LogP contribution in [-0.2, 0) is 16.6 Å². The molecule has 0 saturated carbocycles. The Morgan fingerprint density at radius 3 is 2.59 bits per heavy atom. The van der Waals surface area contributed by atoms with E-state index in [-0.39, 0.29) is 42.2 Å². The second-order valence-electron chi connectivity index (χ2n) is 12.6. The van der Waals surface area contributed by atoms with Gasteiger partial charge in [0.15, 0.2) is 11.5 Å². The van der Waals surface area contributed by atoms with Crippen molar-refractivity contribution >= 4 is 36.8 Å². The largest absolute Gasteiger partial charge is 0.485 e. The number of carbonyl (C=O) groups excluding carboxylic acids is 2. The summed E-state index contributed by atoms with van der Waals surface area (Å²) in [5.41, 5.74) is 5.02. The van der Waals surface area contributed by atoms with Gasteiger partial charge in [0.05, 0.1) is 0 Å². The summed E-state index contributed by atoms with van der Waals surface area (Å²) in [4.78, 5) is 28.9. The van der Waals surface area contributed by atoms with Gasteiger partial charge in [-0.3, -0.25) is 10.2 Å². The van der Waals surface area contributed by atoms with Crippen molar-refractivity contribution in [2.45, 2.75) is 82.9 Å². The number of carbonyl (C=O) groups is 2. The molecule has 3 aliphatic heterocycles. The fourth-order valence-corrected chi connectivity index (χ4v) is 7.43. The van der Waals surface area contributed by atoms with Crippen LogP contribution in [0, 0.1) is 11.3 Å². The smallest absolute Gasteiger partial charge is 0.413 e. The molecule has 3 unspecified atom stereocenters. The normalized spacial score (nSPS) is 29.6. The van der Waals surface area contributed by atoms with E-state index >= 15 is 0 Å². The summed E-state index contributed by atoms with van der Waals surface area (Å²) in [5, 5.41) is 4.81. The van der Waals surface area contributed by atoms with Gasteiger partial charge >= 0.3 is 6.09 Å². The maximum absolute atomic E-state index is 13.2. The standard InChI is InChI=1S/C29H40N4O4.2ClH/c1-28(2,3)25(26(34)31-33-14-6-5-7-15-33)30-27(35)36-21-12-11-18-17-20-19-9-8-10-22-29(19,13-16-32(20)4)23(18)24(21)37-22;;/h8-9,11-12,19-20,22,25H,5-7,10,13-17H2,1-4H3,(H,30,35)(H,31,34);2*1H/t19?,20?,22-,25?,29+;;/m0../s1. The molecule has 6 rings (SSSR count). The topological polar surface area (TPSA) is 83.1 Å². The maximum atomic E-state index is 13.2. The van der Waals surface area contributed by atoms with E-state index in [4.69, 9.17) is 9.47 Å². The van der Waals surface area contributed by atoms with Crippen LogP contribution in [0.5, 0.6) is 11.5 Å². The highest BCUT2D eigenvalue weighted by Gasteiger charge is 2.62. The molecule has 1 aromatic rings. The molecule has 2 aliphatic carbocycles. The van der Waals surface area contributed by atoms with Gasteiger partial charge in [-0.15, -0.1) is 24.8 Å². The number of rotatable bonds is 4. The number of likely N-dealkylation sites (N-methyl/N-ethyl adjacent to an activating group) is 1. The summed E-state index contributed by atoms with van der Waals surface area (Å²) < 4.78 is 12.5. The van der Waals surface area contributed by atoms with E-state index in [0.29, 0.717) is 17.7 Å². The molecule has 2 saturated heterocycles. The van der Waals surface area contributed by atoms with E-state index in [1.54, 1.807) is 0 Å². The van der Waals surface area contributed by atoms with Crippen LogP contribution in [0.15, 0.2) is 24.3 Å². The lowest BCUT2D eigenvalue weighted by Gasteiger charge is -2.55. The molecular weight excluding hydrogens is 539 g/mol. The Kier molecular flexibility index (Phi) is 8.54. The van der Waals surface area contributed by atoms with E-state index < -0.39 is 17.6 Å². The highest BCUT2D eigenvalue weighted by Crippen LogP contribution is 2.62. The Bertz CT molecular complexity index is 1130. The number of hydrazine groups is 1. The monoisotopic (exact) mass is 580 g/mol. The lowest BCUT2D eigenvalue weighted by molar-refractivity contribution is -0.130. The molecule has 0 radical (unpaired) electrons. The first-order chi connectivity index (χ1) is 17.7. The van der Waals surface area contributed by atoms with Gasteiger partial charge in [-0.1, -0.05) is 45.4 Å². The van der Waals surface area contributed by atoms with E-state index in [0.717, 1.165) is 57.5 Å². The van der Waals surface area contributed by atoms with E-state index in [9.17, 15) is 9.59 Å². The zero-order valence-corrected chi connectivity index (χ0v) is 25.0. The average Bonchev–Trinajstić information content (AvgIpc) is 3.20. The van der Waals surface area contributed by atoms with Gasteiger partial charge in [0, 0.05) is 42.4 Å². The quantitative estimate of drug-likeness (QED) is 0.514. The first kappa shape index (κ1) is 30.0. The van der Waals surface area contributed by atoms with Crippen molar-refractivity contribution in [3.63, 3.8) is 0 Å². The number of ether oxygens (including phenoxy) is 2. The number of amides is 2. The summed E-state index contributed by atoms with van der Waals surface area (Å²) in [6.45, 7) is 8.55. The number of halogens is 2. The first-order valence-electron chi connectivity index (χ1n) is 13.9. The van der Waals surface area contributed by atoms with Gasteiger partial charge < -0.3 is 19.7 Å². The number of hydrogen-bond donors (Lipinski definition) is 2. The summed E-state index contributed by atoms with van der Waals surface area (Å²) in [7, 11) is 2.23. The summed E-state index contributed by atoms with van der Waals surface area (Å²) >= 11 is 0. The number of benzene rings is 1. The Labute approximate surface area is 244 Å². The third-order valence-corrected chi connectivity index (χ3v) is 9.30. The Morgan fingerprint density at radius 2 is 1.87 bits per heavy atom. The maximum Gasteiger partial charge on any atom is 0.413 e. The van der Waals surface area contributed by atoms with Crippen LogP contribution in [0.3, 0.4) is 0 Å². The minimum atomic E-state index is -0.738. The predicted molar refractivity (Wildman–Crippen MR) is 155 cm³/mol. The van der Waals surface area contributed by atoms with Crippen LogP contribution < -0.4 is 20.2 Å². The molecule has 39 heavy (non-hydrogen) atoms. The number of nitrogens with one attached hydrogen (secondary N) is 2. The number of nitrogens with zero attached hydrogens (tertiary/aromatic N) is 2. The molecule has 1 spiro atoms. The number of hydrogen-bond acceptors (Lipinski definition) is 6. The molecule has 2 bridgehead atoms. The molecule has 3 heterocycles. The van der Waals surface area contributed by atoms with Crippen molar-refractivity contribution in [2.75, 3.05) is 26.7 Å². The highest BCUT2D eigenvalue weighted by atomic mass is 35.5. The van der Waals surface area contributed by atoms with Gasteiger partial charge in [0.2, 0.25) is 0 Å². The molecule has 2 fully saturated rings. The summed E-state index contributed by atoms with van der Waals surface area (Å²) in [5.74, 6) is 1.36. The Hall–Kier alpha value is -2.00. The molecule has 0 aromatic heterocycles. The van der Waals surface area contributed by atoms with Crippen molar-refractivity contribution in [3.05, 3.63) is 35.4 Å². The highest BCUT2D eigenvalue weighted by molar-refractivity contribution is 5.87. The second-order valence-corrected chi connectivity index (χ2v) is 12.6. The molecule has 10 heteroatoms. The van der Waals surface area contributed by atoms with Gasteiger partial charge in [-0.05, 0) is 56.3 Å². The van der Waals surface area contributed by atoms with Crippen molar-refractivity contribution in [1.29, 1.82) is 0 Å². The molecule has 216 valence electrons. The molecule has 2 N–H and O–H groups in total. The molecule has 8 nitrogen and oxygen atoms in total. The fourth-order valence-electron chi connectivity index (χ4n) is 7.43. The van der Waals surface area contributed by atoms with Crippen LogP contribution in [0.2, 0.25) is 0 Å². The molecular formula is C29H42Cl2N4O4. The fraction of sp³-hybridized carbons (Fsp3) is 0.655. The van der Waals surface area contributed by atoms with Crippen LogP contribution in [0.1, 0.15) is 64.0 Å². The minimum Gasteiger partial charge on any atom is -0.485 e. The van der Waals surface area contributed by atoms with Crippen LogP contribution in [-0.4, -0.2) is 66.8 Å². The lowest BCUT2D eigenvalue weighted by atomic mass is 9.54. The van der Waals surface area contributed by atoms with E-state index in [2.05, 4.69) is 40.9 Å². The van der Waals surface area contributed by atoms with Crippen LogP contribution in [0.25, 0.3) is 0 Å². The third kappa shape index (κ3) is 5.03. The van der Waals surface area contributed by atoms with Gasteiger partial charge in [0.1, 0.15) is 12.1 Å². The first-order valence-corrected chi connectivity index (χ1v) is 13.9. The molecule has 2 amide bonds. The SMILES string of the molecule is CN1CC[C@]23c4c5ccc(OC(=O)NC(C(=O)NN6CCCCC6)C(C)(C)C)c4O[C@H]2CC=CC3C1C5.Cl.Cl. The third-order valence-electron chi connectivity index (χ3n) is 9.30. The zero-order valence-electron chi connectivity index (χ0n) is 23.3. The van der Waals surface area contributed by atoms with Crippen molar-refractivity contribution < 1.29 is 19.1 Å². The molecule has 5 aliphatic rings. The second kappa shape index (κ2) is 11.1. The van der Waals surface area contributed by atoms with Crippen molar-refractivity contribution in [2.24, 2.45) is 11.3 Å². The van der Waals surface area contributed by atoms with Gasteiger partial charge in [-0.25, -0.2) is 9.80 Å². The number of likely N-dealkylation sites (tertiary alicyclic amines) is 1. The average molecular weight is 582 g/mol. The van der Waals surface area contributed by atoms with E-state index in [1.807, 2.05) is 31.8 Å². The van der Waals surface area contributed by atoms with Crippen molar-refractivity contribution in [1.82, 2.24) is 20.7 Å². The summed E-state index contributed by atoms with van der Waals surface area (Å²) in [6.07, 6.45) is 10.3. The molecule has 1 aromatic carbocycles. The zero-order chi connectivity index (χ0) is 25.9.